The highest BCUT2D eigenvalue weighted by Gasteiger charge is 2.12. The number of nitrogens with one attached hydrogen (secondary N) is 1. The van der Waals surface area contributed by atoms with Crippen LogP contribution < -0.4 is 11.1 Å². The second-order valence-corrected chi connectivity index (χ2v) is 4.63. The number of amides is 1. The molecule has 2 rings (SSSR count). The van der Waals surface area contributed by atoms with Gasteiger partial charge in [0.25, 0.3) is 0 Å². The number of carbonyl (C=O) groups is 1. The van der Waals surface area contributed by atoms with Crippen molar-refractivity contribution in [3.05, 3.63) is 48.0 Å². The van der Waals surface area contributed by atoms with Gasteiger partial charge in [-0.3, -0.25) is 4.79 Å². The molecule has 0 aromatic heterocycles. The molecule has 2 aromatic carbocycles. The van der Waals surface area contributed by atoms with Crippen molar-refractivity contribution < 1.29 is 4.79 Å². The fourth-order valence-corrected chi connectivity index (χ4v) is 1.91. The third-order valence-electron chi connectivity index (χ3n) is 3.05. The minimum atomic E-state index is -0.479. The van der Waals surface area contributed by atoms with Crippen LogP contribution in [-0.4, -0.2) is 11.9 Å². The molecule has 0 aliphatic rings. The maximum Gasteiger partial charge on any atom is 0.237 e. The molecule has 0 aliphatic heterocycles. The van der Waals surface area contributed by atoms with Gasteiger partial charge in [0.1, 0.15) is 0 Å². The standard InChI is InChI=1S/C15H18N2O.ClH/c1-10(16)15(18)17-11(2)13-8-7-12-5-3-4-6-14(12)9-13;/h3-11H,16H2,1-2H3,(H,17,18);1H. The Labute approximate surface area is 119 Å². The van der Waals surface area contributed by atoms with Gasteiger partial charge in [-0.05, 0) is 36.2 Å². The summed E-state index contributed by atoms with van der Waals surface area (Å²) in [6, 6.07) is 13.9. The van der Waals surface area contributed by atoms with Crippen molar-refractivity contribution in [2.24, 2.45) is 5.73 Å². The van der Waals surface area contributed by atoms with E-state index in [2.05, 4.69) is 29.6 Å². The van der Waals surface area contributed by atoms with Gasteiger partial charge in [-0.1, -0.05) is 36.4 Å². The lowest BCUT2D eigenvalue weighted by atomic mass is 10.0. The first kappa shape index (κ1) is 15.5. The molecule has 0 aliphatic carbocycles. The molecule has 0 bridgehead atoms. The van der Waals surface area contributed by atoms with Gasteiger partial charge in [0, 0.05) is 0 Å². The third kappa shape index (κ3) is 3.69. The summed E-state index contributed by atoms with van der Waals surface area (Å²) < 4.78 is 0. The van der Waals surface area contributed by atoms with Crippen molar-refractivity contribution in [2.45, 2.75) is 25.9 Å². The maximum atomic E-state index is 11.6. The number of fused-ring (bicyclic) bond motifs is 1. The molecule has 0 spiro atoms. The lowest BCUT2D eigenvalue weighted by Crippen LogP contribution is -2.39. The van der Waals surface area contributed by atoms with E-state index in [1.807, 2.05) is 25.1 Å². The predicted molar refractivity (Wildman–Crippen MR) is 81.4 cm³/mol. The van der Waals surface area contributed by atoms with E-state index in [-0.39, 0.29) is 24.4 Å². The van der Waals surface area contributed by atoms with Crippen LogP contribution in [-0.2, 0) is 4.79 Å². The monoisotopic (exact) mass is 278 g/mol. The van der Waals surface area contributed by atoms with Crippen LogP contribution >= 0.6 is 12.4 Å². The number of benzene rings is 2. The van der Waals surface area contributed by atoms with Gasteiger partial charge in [-0.15, -0.1) is 12.4 Å². The van der Waals surface area contributed by atoms with E-state index in [4.69, 9.17) is 5.73 Å². The minimum Gasteiger partial charge on any atom is -0.348 e. The average Bonchev–Trinajstić information content (AvgIpc) is 2.37. The molecule has 0 fully saturated rings. The van der Waals surface area contributed by atoms with Crippen LogP contribution in [0.5, 0.6) is 0 Å². The van der Waals surface area contributed by atoms with Crippen LogP contribution in [0.1, 0.15) is 25.5 Å². The van der Waals surface area contributed by atoms with Gasteiger partial charge in [0.05, 0.1) is 12.1 Å². The summed E-state index contributed by atoms with van der Waals surface area (Å²) in [5, 5.41) is 5.27. The van der Waals surface area contributed by atoms with E-state index < -0.39 is 6.04 Å². The summed E-state index contributed by atoms with van der Waals surface area (Å²) in [7, 11) is 0. The Morgan fingerprint density at radius 1 is 1.11 bits per heavy atom. The van der Waals surface area contributed by atoms with Crippen LogP contribution in [0, 0.1) is 0 Å². The van der Waals surface area contributed by atoms with E-state index in [0.717, 1.165) is 5.56 Å². The number of hydrogen-bond acceptors (Lipinski definition) is 2. The molecule has 19 heavy (non-hydrogen) atoms. The fraction of sp³-hybridized carbons (Fsp3) is 0.267. The first-order valence-electron chi connectivity index (χ1n) is 6.12. The lowest BCUT2D eigenvalue weighted by molar-refractivity contribution is -0.122. The van der Waals surface area contributed by atoms with Crippen LogP contribution in [0.2, 0.25) is 0 Å². The Kier molecular flexibility index (Phi) is 5.33. The molecule has 0 saturated heterocycles. The summed E-state index contributed by atoms with van der Waals surface area (Å²) in [5.74, 6) is -0.129. The smallest absolute Gasteiger partial charge is 0.237 e. The van der Waals surface area contributed by atoms with Crippen molar-refractivity contribution in [2.75, 3.05) is 0 Å². The zero-order valence-corrected chi connectivity index (χ0v) is 11.9. The van der Waals surface area contributed by atoms with Gasteiger partial charge < -0.3 is 11.1 Å². The third-order valence-corrected chi connectivity index (χ3v) is 3.05. The summed E-state index contributed by atoms with van der Waals surface area (Å²) in [5.41, 5.74) is 6.63. The first-order chi connectivity index (χ1) is 8.58. The van der Waals surface area contributed by atoms with Crippen molar-refractivity contribution >= 4 is 29.1 Å². The first-order valence-corrected chi connectivity index (χ1v) is 6.12. The summed E-state index contributed by atoms with van der Waals surface area (Å²) in [4.78, 5) is 11.6. The normalized spacial score (nSPS) is 13.4. The molecule has 2 aromatic rings. The van der Waals surface area contributed by atoms with Gasteiger partial charge in [-0.25, -0.2) is 0 Å². The predicted octanol–water partition coefficient (Wildman–Crippen LogP) is 2.79. The molecule has 2 atom stereocenters. The van der Waals surface area contributed by atoms with Crippen LogP contribution in [0.4, 0.5) is 0 Å². The highest BCUT2D eigenvalue weighted by Crippen LogP contribution is 2.20. The SMILES string of the molecule is CC(N)C(=O)NC(C)c1ccc2ccccc2c1.Cl. The Morgan fingerprint density at radius 2 is 1.74 bits per heavy atom. The quantitative estimate of drug-likeness (QED) is 0.907. The molecular formula is C15H19ClN2O. The number of hydrogen-bond donors (Lipinski definition) is 2. The molecule has 3 nitrogen and oxygen atoms in total. The number of rotatable bonds is 3. The zero-order chi connectivity index (χ0) is 13.1. The summed E-state index contributed by atoms with van der Waals surface area (Å²) in [6.45, 7) is 3.65. The average molecular weight is 279 g/mol. The van der Waals surface area contributed by atoms with Crippen LogP contribution in [0.15, 0.2) is 42.5 Å². The Morgan fingerprint density at radius 3 is 2.37 bits per heavy atom. The van der Waals surface area contributed by atoms with E-state index in [9.17, 15) is 4.79 Å². The summed E-state index contributed by atoms with van der Waals surface area (Å²) in [6.07, 6.45) is 0. The fourth-order valence-electron chi connectivity index (χ4n) is 1.91. The largest absolute Gasteiger partial charge is 0.348 e. The second-order valence-electron chi connectivity index (χ2n) is 4.63. The molecule has 2 unspecified atom stereocenters. The molecule has 1 amide bonds. The molecule has 102 valence electrons. The highest BCUT2D eigenvalue weighted by molar-refractivity contribution is 5.85. The Hall–Kier alpha value is -1.58. The van der Waals surface area contributed by atoms with E-state index >= 15 is 0 Å². The van der Waals surface area contributed by atoms with Gasteiger partial charge in [0.2, 0.25) is 5.91 Å². The van der Waals surface area contributed by atoms with Gasteiger partial charge in [0.15, 0.2) is 0 Å². The van der Waals surface area contributed by atoms with Crippen molar-refractivity contribution in [3.8, 4) is 0 Å². The van der Waals surface area contributed by atoms with E-state index in [1.54, 1.807) is 6.92 Å². The molecule has 0 radical (unpaired) electrons. The molecular weight excluding hydrogens is 260 g/mol. The summed E-state index contributed by atoms with van der Waals surface area (Å²) >= 11 is 0. The number of carbonyl (C=O) groups excluding carboxylic acids is 1. The second kappa shape index (κ2) is 6.55. The number of halogens is 1. The van der Waals surface area contributed by atoms with Gasteiger partial charge >= 0.3 is 0 Å². The van der Waals surface area contributed by atoms with E-state index in [1.165, 1.54) is 10.8 Å². The van der Waals surface area contributed by atoms with Crippen molar-refractivity contribution in [3.63, 3.8) is 0 Å². The molecule has 3 N–H and O–H groups in total. The van der Waals surface area contributed by atoms with E-state index in [0.29, 0.717) is 0 Å². The lowest BCUT2D eigenvalue weighted by Gasteiger charge is -2.16. The van der Waals surface area contributed by atoms with Crippen LogP contribution in [0.25, 0.3) is 10.8 Å². The zero-order valence-electron chi connectivity index (χ0n) is 11.1. The topological polar surface area (TPSA) is 55.1 Å². The molecule has 0 saturated carbocycles. The Balaban J connectivity index is 0.00000180. The maximum absolute atomic E-state index is 11.6. The van der Waals surface area contributed by atoms with Gasteiger partial charge in [-0.2, -0.15) is 0 Å². The highest BCUT2D eigenvalue weighted by atomic mass is 35.5. The van der Waals surface area contributed by atoms with Crippen LogP contribution in [0.3, 0.4) is 0 Å². The minimum absolute atomic E-state index is 0. The van der Waals surface area contributed by atoms with Crippen molar-refractivity contribution in [1.29, 1.82) is 0 Å². The Bertz CT molecular complexity index is 569. The number of nitrogens with two attached hydrogens (primary N) is 1. The molecule has 4 heteroatoms. The van der Waals surface area contributed by atoms with Crippen molar-refractivity contribution in [1.82, 2.24) is 5.32 Å². The molecule has 0 heterocycles.